The maximum atomic E-state index is 12.3. The minimum absolute atomic E-state index is 0.0696. The summed E-state index contributed by atoms with van der Waals surface area (Å²) in [4.78, 5) is 26.1. The van der Waals surface area contributed by atoms with Gasteiger partial charge in [0.25, 0.3) is 0 Å². The number of aromatic nitrogens is 2. The van der Waals surface area contributed by atoms with E-state index in [1.807, 2.05) is 29.1 Å². The third kappa shape index (κ3) is 3.76. The molecule has 7 heteroatoms. The molecule has 126 valence electrons. The molecular weight excluding hydrogens is 328 g/mol. The highest BCUT2D eigenvalue weighted by Crippen LogP contribution is 2.30. The second-order valence-corrected chi connectivity index (χ2v) is 6.18. The lowest BCUT2D eigenvalue weighted by Crippen LogP contribution is -2.33. The fourth-order valence-electron chi connectivity index (χ4n) is 2.82. The number of nitrogens with zero attached hydrogens (tertiary/aromatic N) is 3. The summed E-state index contributed by atoms with van der Waals surface area (Å²) < 4.78 is 1.82. The van der Waals surface area contributed by atoms with Crippen LogP contribution < -0.4 is 10.2 Å². The van der Waals surface area contributed by atoms with Gasteiger partial charge in [-0.2, -0.15) is 5.10 Å². The normalized spacial score (nSPS) is 17.3. The molecule has 0 spiro atoms. The number of aryl methyl sites for hydroxylation is 1. The number of halogens is 1. The van der Waals surface area contributed by atoms with E-state index in [0.717, 1.165) is 13.0 Å². The summed E-state index contributed by atoms with van der Waals surface area (Å²) in [6.07, 6.45) is 4.63. The molecule has 1 aliphatic rings. The van der Waals surface area contributed by atoms with Gasteiger partial charge in [0.05, 0.1) is 16.6 Å². The van der Waals surface area contributed by atoms with E-state index in [4.69, 9.17) is 11.6 Å². The molecule has 0 bridgehead atoms. The van der Waals surface area contributed by atoms with Crippen molar-refractivity contribution in [1.29, 1.82) is 0 Å². The molecule has 0 saturated carbocycles. The summed E-state index contributed by atoms with van der Waals surface area (Å²) in [5.74, 6) is -0.489. The number of carbonyl (C=O) groups excluding carboxylic acids is 2. The molecule has 1 aromatic heterocycles. The van der Waals surface area contributed by atoms with Crippen molar-refractivity contribution in [2.75, 3.05) is 18.0 Å². The highest BCUT2D eigenvalue weighted by molar-refractivity contribution is 6.33. The van der Waals surface area contributed by atoms with Gasteiger partial charge in [0, 0.05) is 38.4 Å². The molecule has 6 nitrogen and oxygen atoms in total. The summed E-state index contributed by atoms with van der Waals surface area (Å²) in [5, 5.41) is 7.53. The molecular formula is C17H19ClN4O2. The van der Waals surface area contributed by atoms with Crippen LogP contribution in [-0.4, -0.2) is 34.7 Å². The quantitative estimate of drug-likeness (QED) is 0.814. The van der Waals surface area contributed by atoms with E-state index in [2.05, 4.69) is 10.4 Å². The van der Waals surface area contributed by atoms with Crippen LogP contribution in [0.15, 0.2) is 42.7 Å². The number of hydrogen-bond donors (Lipinski definition) is 1. The number of anilines is 1. The van der Waals surface area contributed by atoms with Crippen LogP contribution in [0.25, 0.3) is 0 Å². The number of amides is 2. The van der Waals surface area contributed by atoms with Crippen molar-refractivity contribution in [3.63, 3.8) is 0 Å². The predicted molar refractivity (Wildman–Crippen MR) is 91.8 cm³/mol. The van der Waals surface area contributed by atoms with Crippen molar-refractivity contribution < 1.29 is 9.59 Å². The highest BCUT2D eigenvalue weighted by Gasteiger charge is 2.35. The topological polar surface area (TPSA) is 67.2 Å². The van der Waals surface area contributed by atoms with Gasteiger partial charge in [0.15, 0.2) is 0 Å². The Labute approximate surface area is 145 Å². The number of para-hydroxylation sites is 1. The molecule has 1 saturated heterocycles. The Kier molecular flexibility index (Phi) is 5.15. The Morgan fingerprint density at radius 2 is 2.17 bits per heavy atom. The minimum Gasteiger partial charge on any atom is -0.356 e. The first kappa shape index (κ1) is 16.5. The van der Waals surface area contributed by atoms with Gasteiger partial charge in [-0.3, -0.25) is 14.3 Å². The van der Waals surface area contributed by atoms with Gasteiger partial charge in [0.1, 0.15) is 0 Å². The third-order valence-corrected chi connectivity index (χ3v) is 4.38. The van der Waals surface area contributed by atoms with Crippen LogP contribution in [0.3, 0.4) is 0 Å². The number of rotatable bonds is 6. The maximum absolute atomic E-state index is 12.3. The van der Waals surface area contributed by atoms with Gasteiger partial charge in [-0.1, -0.05) is 23.7 Å². The summed E-state index contributed by atoms with van der Waals surface area (Å²) in [5.41, 5.74) is 0.665. The smallest absolute Gasteiger partial charge is 0.227 e. The maximum Gasteiger partial charge on any atom is 0.227 e. The molecule has 1 fully saturated rings. The largest absolute Gasteiger partial charge is 0.356 e. The van der Waals surface area contributed by atoms with E-state index in [1.165, 1.54) is 0 Å². The standard InChI is InChI=1S/C17H19ClN4O2/c18-14-5-1-2-6-15(14)22-12-13(11-16(22)23)17(24)19-7-3-9-21-10-4-8-20-21/h1-2,4-6,8,10,13H,3,7,9,11-12H2,(H,19,24). The van der Waals surface area contributed by atoms with Gasteiger partial charge in [-0.15, -0.1) is 0 Å². The summed E-state index contributed by atoms with van der Waals surface area (Å²) in [6, 6.07) is 9.05. The van der Waals surface area contributed by atoms with Crippen LogP contribution in [0.1, 0.15) is 12.8 Å². The average Bonchev–Trinajstić information content (AvgIpc) is 3.22. The Bertz CT molecular complexity index is 717. The van der Waals surface area contributed by atoms with Gasteiger partial charge < -0.3 is 10.2 Å². The van der Waals surface area contributed by atoms with Gasteiger partial charge in [-0.05, 0) is 24.6 Å². The van der Waals surface area contributed by atoms with Crippen LogP contribution in [0.5, 0.6) is 0 Å². The number of benzene rings is 1. The number of carbonyl (C=O) groups is 2. The van der Waals surface area contributed by atoms with Crippen molar-refractivity contribution in [2.24, 2.45) is 5.92 Å². The number of nitrogens with one attached hydrogen (secondary N) is 1. The summed E-state index contributed by atoms with van der Waals surface area (Å²) in [6.45, 7) is 1.69. The molecule has 1 N–H and O–H groups in total. The van der Waals surface area contributed by atoms with Crippen molar-refractivity contribution in [3.8, 4) is 0 Å². The molecule has 1 aromatic carbocycles. The highest BCUT2D eigenvalue weighted by atomic mass is 35.5. The van der Waals surface area contributed by atoms with E-state index >= 15 is 0 Å². The summed E-state index contributed by atoms with van der Waals surface area (Å²) >= 11 is 6.15. The van der Waals surface area contributed by atoms with E-state index in [9.17, 15) is 9.59 Å². The lowest BCUT2D eigenvalue weighted by atomic mass is 10.1. The van der Waals surface area contributed by atoms with Crippen LogP contribution in [0.2, 0.25) is 5.02 Å². The monoisotopic (exact) mass is 346 g/mol. The zero-order valence-electron chi connectivity index (χ0n) is 13.2. The molecule has 1 aliphatic heterocycles. The fraction of sp³-hybridized carbons (Fsp3) is 0.353. The van der Waals surface area contributed by atoms with Gasteiger partial charge >= 0.3 is 0 Å². The van der Waals surface area contributed by atoms with Crippen molar-refractivity contribution in [2.45, 2.75) is 19.4 Å². The van der Waals surface area contributed by atoms with Crippen LogP contribution in [-0.2, 0) is 16.1 Å². The van der Waals surface area contributed by atoms with Crippen molar-refractivity contribution in [3.05, 3.63) is 47.7 Å². The second-order valence-electron chi connectivity index (χ2n) is 5.77. The fourth-order valence-corrected chi connectivity index (χ4v) is 3.05. The summed E-state index contributed by atoms with van der Waals surface area (Å²) in [7, 11) is 0. The molecule has 2 heterocycles. The van der Waals surface area contributed by atoms with Crippen LogP contribution in [0, 0.1) is 5.92 Å². The SMILES string of the molecule is O=C(NCCCn1cccn1)C1CC(=O)N(c2ccccc2Cl)C1. The van der Waals surface area contributed by atoms with Crippen molar-refractivity contribution >= 4 is 29.1 Å². The van der Waals surface area contributed by atoms with E-state index in [0.29, 0.717) is 23.8 Å². The van der Waals surface area contributed by atoms with E-state index in [-0.39, 0.29) is 24.2 Å². The lowest BCUT2D eigenvalue weighted by Gasteiger charge is -2.18. The van der Waals surface area contributed by atoms with E-state index < -0.39 is 0 Å². The van der Waals surface area contributed by atoms with Gasteiger partial charge in [-0.25, -0.2) is 0 Å². The third-order valence-electron chi connectivity index (χ3n) is 4.06. The average molecular weight is 347 g/mol. The lowest BCUT2D eigenvalue weighted by molar-refractivity contribution is -0.126. The van der Waals surface area contributed by atoms with Crippen LogP contribution in [0.4, 0.5) is 5.69 Å². The molecule has 3 rings (SSSR count). The molecule has 2 aromatic rings. The molecule has 1 atom stereocenters. The van der Waals surface area contributed by atoms with Gasteiger partial charge in [0.2, 0.25) is 11.8 Å². The number of hydrogen-bond acceptors (Lipinski definition) is 3. The Balaban J connectivity index is 1.50. The first-order valence-electron chi connectivity index (χ1n) is 7.95. The molecule has 1 unspecified atom stereocenters. The first-order valence-corrected chi connectivity index (χ1v) is 8.33. The van der Waals surface area contributed by atoms with Crippen LogP contribution >= 0.6 is 11.6 Å². The molecule has 24 heavy (non-hydrogen) atoms. The molecule has 0 aliphatic carbocycles. The first-order chi connectivity index (χ1) is 11.6. The Hall–Kier alpha value is -2.34. The Morgan fingerprint density at radius 3 is 2.92 bits per heavy atom. The predicted octanol–water partition coefficient (Wildman–Crippen LogP) is 2.10. The van der Waals surface area contributed by atoms with Crippen molar-refractivity contribution in [1.82, 2.24) is 15.1 Å². The Morgan fingerprint density at radius 1 is 1.33 bits per heavy atom. The zero-order valence-corrected chi connectivity index (χ0v) is 13.9. The van der Waals surface area contributed by atoms with E-state index in [1.54, 1.807) is 23.2 Å². The zero-order chi connectivity index (χ0) is 16.9. The second kappa shape index (κ2) is 7.49. The molecule has 0 radical (unpaired) electrons. The molecule has 2 amide bonds. The minimum atomic E-state index is -0.335.